The molecular weight excluding hydrogens is 174 g/mol. The Morgan fingerprint density at radius 3 is 2.79 bits per heavy atom. The molecule has 2 nitrogen and oxygen atoms in total. The Morgan fingerprint density at radius 2 is 2.21 bits per heavy atom. The van der Waals surface area contributed by atoms with Crippen LogP contribution >= 0.6 is 0 Å². The van der Waals surface area contributed by atoms with Crippen LogP contribution in [0, 0.1) is 5.92 Å². The molecule has 0 unspecified atom stereocenters. The molecule has 0 bridgehead atoms. The Morgan fingerprint density at radius 1 is 1.36 bits per heavy atom. The highest BCUT2D eigenvalue weighted by molar-refractivity contribution is 4.90. The summed E-state index contributed by atoms with van der Waals surface area (Å²) in [7, 11) is 0. The topological polar surface area (TPSA) is 23.5 Å². The SMILES string of the molecule is CCCN(CCO)C[C@@H]1CC=CCC1. The van der Waals surface area contributed by atoms with Gasteiger partial charge in [-0.2, -0.15) is 0 Å². The molecule has 0 aromatic heterocycles. The number of nitrogens with zero attached hydrogens (tertiary/aromatic N) is 1. The third-order valence-electron chi connectivity index (χ3n) is 2.85. The lowest BCUT2D eigenvalue weighted by molar-refractivity contribution is 0.171. The zero-order valence-electron chi connectivity index (χ0n) is 9.28. The monoisotopic (exact) mass is 197 g/mol. The smallest absolute Gasteiger partial charge is 0.0558 e. The first-order chi connectivity index (χ1) is 6.86. The molecule has 0 radical (unpaired) electrons. The van der Waals surface area contributed by atoms with Crippen molar-refractivity contribution in [2.24, 2.45) is 5.92 Å². The third kappa shape index (κ3) is 4.25. The number of allylic oxidation sites excluding steroid dienone is 2. The molecule has 14 heavy (non-hydrogen) atoms. The van der Waals surface area contributed by atoms with Crippen molar-refractivity contribution in [2.75, 3.05) is 26.2 Å². The summed E-state index contributed by atoms with van der Waals surface area (Å²) >= 11 is 0. The Hall–Kier alpha value is -0.340. The van der Waals surface area contributed by atoms with Crippen molar-refractivity contribution < 1.29 is 5.11 Å². The third-order valence-corrected chi connectivity index (χ3v) is 2.85. The summed E-state index contributed by atoms with van der Waals surface area (Å²) in [6, 6.07) is 0. The summed E-state index contributed by atoms with van der Waals surface area (Å²) in [6.45, 7) is 5.63. The highest BCUT2D eigenvalue weighted by atomic mass is 16.3. The molecule has 0 aliphatic heterocycles. The fourth-order valence-electron chi connectivity index (χ4n) is 2.14. The predicted molar refractivity (Wildman–Crippen MR) is 60.3 cm³/mol. The van der Waals surface area contributed by atoms with Gasteiger partial charge in [0.25, 0.3) is 0 Å². The van der Waals surface area contributed by atoms with Crippen molar-refractivity contribution in [1.29, 1.82) is 0 Å². The summed E-state index contributed by atoms with van der Waals surface area (Å²) in [5.74, 6) is 0.818. The first-order valence-electron chi connectivity index (χ1n) is 5.85. The van der Waals surface area contributed by atoms with Gasteiger partial charge < -0.3 is 10.0 Å². The van der Waals surface area contributed by atoms with E-state index in [-0.39, 0.29) is 0 Å². The molecule has 1 rings (SSSR count). The molecule has 82 valence electrons. The Kier molecular flexibility index (Phi) is 5.88. The second kappa shape index (κ2) is 7.02. The van der Waals surface area contributed by atoms with Crippen LogP contribution in [0.15, 0.2) is 12.2 Å². The van der Waals surface area contributed by atoms with E-state index in [2.05, 4.69) is 24.0 Å². The minimum absolute atomic E-state index is 0.294. The number of aliphatic hydroxyl groups excluding tert-OH is 1. The number of rotatable bonds is 6. The highest BCUT2D eigenvalue weighted by Gasteiger charge is 2.13. The van der Waals surface area contributed by atoms with Crippen molar-refractivity contribution in [3.63, 3.8) is 0 Å². The lowest BCUT2D eigenvalue weighted by Gasteiger charge is -2.27. The highest BCUT2D eigenvalue weighted by Crippen LogP contribution is 2.19. The lowest BCUT2D eigenvalue weighted by Crippen LogP contribution is -2.33. The van der Waals surface area contributed by atoms with Crippen LogP contribution in [-0.2, 0) is 0 Å². The van der Waals surface area contributed by atoms with E-state index >= 15 is 0 Å². The summed E-state index contributed by atoms with van der Waals surface area (Å²) in [4.78, 5) is 2.39. The van der Waals surface area contributed by atoms with E-state index in [4.69, 9.17) is 5.11 Å². The van der Waals surface area contributed by atoms with Crippen LogP contribution in [0.3, 0.4) is 0 Å². The van der Waals surface area contributed by atoms with E-state index in [1.807, 2.05) is 0 Å². The summed E-state index contributed by atoms with van der Waals surface area (Å²) in [5, 5.41) is 8.94. The van der Waals surface area contributed by atoms with Crippen LogP contribution in [0.2, 0.25) is 0 Å². The van der Waals surface area contributed by atoms with Gasteiger partial charge in [0.1, 0.15) is 0 Å². The van der Waals surface area contributed by atoms with Crippen molar-refractivity contribution >= 4 is 0 Å². The molecule has 1 N–H and O–H groups in total. The van der Waals surface area contributed by atoms with Crippen molar-refractivity contribution in [3.05, 3.63) is 12.2 Å². The molecule has 2 heteroatoms. The van der Waals surface area contributed by atoms with Gasteiger partial charge in [0.05, 0.1) is 6.61 Å². The van der Waals surface area contributed by atoms with Crippen LogP contribution < -0.4 is 0 Å². The van der Waals surface area contributed by atoms with Gasteiger partial charge >= 0.3 is 0 Å². The van der Waals surface area contributed by atoms with Crippen LogP contribution in [0.1, 0.15) is 32.6 Å². The maximum atomic E-state index is 8.94. The van der Waals surface area contributed by atoms with Crippen LogP contribution in [0.5, 0.6) is 0 Å². The first kappa shape index (κ1) is 11.7. The average molecular weight is 197 g/mol. The molecule has 0 saturated carbocycles. The summed E-state index contributed by atoms with van der Waals surface area (Å²) in [6.07, 6.45) is 9.56. The largest absolute Gasteiger partial charge is 0.395 e. The van der Waals surface area contributed by atoms with Crippen molar-refractivity contribution in [2.45, 2.75) is 32.6 Å². The Bertz CT molecular complexity index is 162. The van der Waals surface area contributed by atoms with E-state index < -0.39 is 0 Å². The van der Waals surface area contributed by atoms with Gasteiger partial charge in [-0.25, -0.2) is 0 Å². The molecule has 0 aromatic rings. The first-order valence-corrected chi connectivity index (χ1v) is 5.85. The second-order valence-electron chi connectivity index (χ2n) is 4.17. The van der Waals surface area contributed by atoms with Crippen LogP contribution in [-0.4, -0.2) is 36.2 Å². The average Bonchev–Trinajstić information content (AvgIpc) is 2.20. The van der Waals surface area contributed by atoms with E-state index in [9.17, 15) is 0 Å². The molecule has 1 atom stereocenters. The van der Waals surface area contributed by atoms with E-state index in [1.165, 1.54) is 32.2 Å². The van der Waals surface area contributed by atoms with Gasteiger partial charge in [-0.1, -0.05) is 19.1 Å². The standard InChI is InChI=1S/C12H23NO/c1-2-8-13(9-10-14)11-12-6-4-3-5-7-12/h3-4,12,14H,2,5-11H2,1H3/t12-/m1/s1. The minimum Gasteiger partial charge on any atom is -0.395 e. The zero-order valence-corrected chi connectivity index (χ0v) is 9.28. The van der Waals surface area contributed by atoms with E-state index in [0.717, 1.165) is 19.0 Å². The minimum atomic E-state index is 0.294. The fraction of sp³-hybridized carbons (Fsp3) is 0.833. The van der Waals surface area contributed by atoms with Gasteiger partial charge in [-0.05, 0) is 38.1 Å². The second-order valence-corrected chi connectivity index (χ2v) is 4.17. The van der Waals surface area contributed by atoms with Crippen LogP contribution in [0.4, 0.5) is 0 Å². The maximum Gasteiger partial charge on any atom is 0.0558 e. The van der Waals surface area contributed by atoms with E-state index in [1.54, 1.807) is 0 Å². The molecule has 0 fully saturated rings. The molecule has 1 aliphatic rings. The van der Waals surface area contributed by atoms with Crippen molar-refractivity contribution in [1.82, 2.24) is 4.90 Å². The quantitative estimate of drug-likeness (QED) is 0.659. The Balaban J connectivity index is 2.26. The number of aliphatic hydroxyl groups is 1. The number of hydrogen-bond acceptors (Lipinski definition) is 2. The van der Waals surface area contributed by atoms with Gasteiger partial charge in [0.2, 0.25) is 0 Å². The van der Waals surface area contributed by atoms with Crippen LogP contribution in [0.25, 0.3) is 0 Å². The molecule has 1 aliphatic carbocycles. The molecule has 0 heterocycles. The summed E-state index contributed by atoms with van der Waals surface area (Å²) in [5.41, 5.74) is 0. The van der Waals surface area contributed by atoms with Gasteiger partial charge in [0.15, 0.2) is 0 Å². The van der Waals surface area contributed by atoms with Gasteiger partial charge in [-0.3, -0.25) is 0 Å². The van der Waals surface area contributed by atoms with Crippen molar-refractivity contribution in [3.8, 4) is 0 Å². The number of hydrogen-bond donors (Lipinski definition) is 1. The Labute approximate surface area is 87.6 Å². The lowest BCUT2D eigenvalue weighted by atomic mass is 9.94. The fourth-order valence-corrected chi connectivity index (χ4v) is 2.14. The summed E-state index contributed by atoms with van der Waals surface area (Å²) < 4.78 is 0. The van der Waals surface area contributed by atoms with Gasteiger partial charge in [-0.15, -0.1) is 0 Å². The predicted octanol–water partition coefficient (Wildman–Crippen LogP) is 2.05. The molecule has 0 saturated heterocycles. The zero-order chi connectivity index (χ0) is 10.2. The molecule has 0 aromatic carbocycles. The normalized spacial score (nSPS) is 21.8. The molecular formula is C12H23NO. The molecule has 0 spiro atoms. The van der Waals surface area contributed by atoms with Gasteiger partial charge in [0, 0.05) is 13.1 Å². The van der Waals surface area contributed by atoms with E-state index in [0.29, 0.717) is 6.61 Å². The maximum absolute atomic E-state index is 8.94. The molecule has 0 amide bonds.